The van der Waals surface area contributed by atoms with Crippen molar-refractivity contribution in [3.8, 4) is 0 Å². The highest BCUT2D eigenvalue weighted by atomic mass is 16.2. The second-order valence-corrected chi connectivity index (χ2v) is 10.5. The van der Waals surface area contributed by atoms with Gasteiger partial charge in [0.05, 0.1) is 18.3 Å². The maximum Gasteiger partial charge on any atom is 0.257 e. The molecule has 8 nitrogen and oxygen atoms in total. The van der Waals surface area contributed by atoms with E-state index in [4.69, 9.17) is 5.84 Å². The Bertz CT molecular complexity index is 1010. The van der Waals surface area contributed by atoms with Crippen LogP contribution >= 0.6 is 0 Å². The summed E-state index contributed by atoms with van der Waals surface area (Å²) in [5.74, 6) is 6.31. The van der Waals surface area contributed by atoms with Crippen molar-refractivity contribution in [1.82, 2.24) is 25.0 Å². The van der Waals surface area contributed by atoms with Crippen LogP contribution in [0.1, 0.15) is 36.2 Å². The van der Waals surface area contributed by atoms with Gasteiger partial charge in [-0.2, -0.15) is 5.10 Å². The highest BCUT2D eigenvalue weighted by Gasteiger charge is 2.60. The average Bonchev–Trinajstić information content (AvgIpc) is 3.09. The van der Waals surface area contributed by atoms with E-state index in [0.717, 1.165) is 12.0 Å². The number of hydrogen-bond acceptors (Lipinski definition) is 5. The minimum absolute atomic E-state index is 0.00342. The van der Waals surface area contributed by atoms with Crippen LogP contribution in [0.5, 0.6) is 0 Å². The number of likely N-dealkylation sites (tertiary alicyclic amines) is 2. The number of rotatable bonds is 6. The van der Waals surface area contributed by atoms with Crippen molar-refractivity contribution in [2.45, 2.75) is 26.8 Å². The van der Waals surface area contributed by atoms with Gasteiger partial charge >= 0.3 is 0 Å². The lowest BCUT2D eigenvalue weighted by atomic mass is 9.71. The molecule has 1 aliphatic carbocycles. The van der Waals surface area contributed by atoms with Crippen LogP contribution in [0.2, 0.25) is 0 Å². The van der Waals surface area contributed by atoms with E-state index >= 15 is 0 Å². The molecule has 170 valence electrons. The standard InChI is InChI=1S/C24H32N6O2/c1-23(2)8-20(23)22(32)29-15-24(16-29)14-28(13-19(24)10-26-25)21(31)18-9-27-30(12-18)11-17-6-4-3-5-7-17/h3-7,9,12,19-20,26H,8,10-11,13-16,25H2,1-2H3/t19-,20?/m0/s1. The van der Waals surface area contributed by atoms with Crippen molar-refractivity contribution in [1.29, 1.82) is 0 Å². The van der Waals surface area contributed by atoms with Gasteiger partial charge in [0.2, 0.25) is 5.91 Å². The largest absolute Gasteiger partial charge is 0.341 e. The van der Waals surface area contributed by atoms with E-state index in [9.17, 15) is 9.59 Å². The Balaban J connectivity index is 1.24. The zero-order valence-corrected chi connectivity index (χ0v) is 18.8. The molecule has 0 radical (unpaired) electrons. The maximum atomic E-state index is 13.2. The SMILES string of the molecule is CC1(C)CC1C(=O)N1CC2(CN(C(=O)c3cnn(Cc4ccccc4)c3)C[C@@H]2CNN)C1. The summed E-state index contributed by atoms with van der Waals surface area (Å²) in [6.07, 6.45) is 4.45. The summed E-state index contributed by atoms with van der Waals surface area (Å²) in [4.78, 5) is 29.9. The van der Waals surface area contributed by atoms with Gasteiger partial charge in [-0.25, -0.2) is 0 Å². The third kappa shape index (κ3) is 3.71. The molecular formula is C24H32N6O2. The van der Waals surface area contributed by atoms with Gasteiger partial charge in [0.25, 0.3) is 5.91 Å². The summed E-state index contributed by atoms with van der Waals surface area (Å²) in [7, 11) is 0. The molecule has 3 aliphatic rings. The Labute approximate surface area is 188 Å². The number of nitrogens with two attached hydrogens (primary N) is 1. The third-order valence-corrected chi connectivity index (χ3v) is 7.67. The van der Waals surface area contributed by atoms with E-state index in [0.29, 0.717) is 44.8 Å². The van der Waals surface area contributed by atoms with Gasteiger partial charge in [-0.05, 0) is 17.4 Å². The van der Waals surface area contributed by atoms with E-state index in [1.807, 2.05) is 46.3 Å². The molecule has 0 bridgehead atoms. The molecular weight excluding hydrogens is 404 g/mol. The van der Waals surface area contributed by atoms with Crippen molar-refractivity contribution in [3.63, 3.8) is 0 Å². The molecule has 32 heavy (non-hydrogen) atoms. The second-order valence-electron chi connectivity index (χ2n) is 10.5. The molecule has 3 N–H and O–H groups in total. The highest BCUT2D eigenvalue weighted by molar-refractivity contribution is 5.94. The van der Waals surface area contributed by atoms with Gasteiger partial charge in [-0.1, -0.05) is 44.2 Å². The molecule has 2 saturated heterocycles. The van der Waals surface area contributed by atoms with Crippen LogP contribution in [-0.2, 0) is 11.3 Å². The van der Waals surface area contributed by atoms with Gasteiger partial charge in [-0.3, -0.25) is 25.5 Å². The topological polar surface area (TPSA) is 96.5 Å². The van der Waals surface area contributed by atoms with Crippen molar-refractivity contribution in [3.05, 3.63) is 53.9 Å². The fourth-order valence-corrected chi connectivity index (χ4v) is 5.46. The molecule has 1 unspecified atom stereocenters. The number of nitrogens with one attached hydrogen (secondary N) is 1. The first-order valence-electron chi connectivity index (χ1n) is 11.4. The average molecular weight is 437 g/mol. The predicted octanol–water partition coefficient (Wildman–Crippen LogP) is 1.34. The molecule has 1 saturated carbocycles. The first kappa shape index (κ1) is 21.2. The minimum atomic E-state index is -0.0727. The molecule has 5 rings (SSSR count). The van der Waals surface area contributed by atoms with E-state index in [-0.39, 0.29) is 34.5 Å². The van der Waals surface area contributed by atoms with Gasteiger partial charge in [0, 0.05) is 56.2 Å². The van der Waals surface area contributed by atoms with Crippen molar-refractivity contribution >= 4 is 11.8 Å². The predicted molar refractivity (Wildman–Crippen MR) is 120 cm³/mol. The van der Waals surface area contributed by atoms with Crippen LogP contribution < -0.4 is 11.3 Å². The van der Waals surface area contributed by atoms with E-state index in [1.54, 1.807) is 10.9 Å². The minimum Gasteiger partial charge on any atom is -0.341 e. The first-order valence-corrected chi connectivity index (χ1v) is 11.4. The van der Waals surface area contributed by atoms with E-state index in [1.165, 1.54) is 0 Å². The van der Waals surface area contributed by atoms with Crippen LogP contribution in [0.3, 0.4) is 0 Å². The van der Waals surface area contributed by atoms with Gasteiger partial charge in [-0.15, -0.1) is 0 Å². The monoisotopic (exact) mass is 436 g/mol. The summed E-state index contributed by atoms with van der Waals surface area (Å²) < 4.78 is 1.80. The maximum absolute atomic E-state index is 13.2. The number of hydrazine groups is 1. The number of carbonyl (C=O) groups is 2. The fraction of sp³-hybridized carbons (Fsp3) is 0.542. The number of aromatic nitrogens is 2. The molecule has 8 heteroatoms. The molecule has 2 atom stereocenters. The summed E-state index contributed by atoms with van der Waals surface area (Å²) in [5.41, 5.74) is 4.60. The normalized spacial score (nSPS) is 25.1. The lowest BCUT2D eigenvalue weighted by molar-refractivity contribution is -0.147. The van der Waals surface area contributed by atoms with Crippen LogP contribution in [0, 0.1) is 22.7 Å². The zero-order chi connectivity index (χ0) is 22.5. The van der Waals surface area contributed by atoms with Crippen molar-refractivity contribution in [2.75, 3.05) is 32.7 Å². The molecule has 3 heterocycles. The Morgan fingerprint density at radius 1 is 1.16 bits per heavy atom. The van der Waals surface area contributed by atoms with E-state index < -0.39 is 0 Å². The quantitative estimate of drug-likeness (QED) is 0.526. The first-order chi connectivity index (χ1) is 15.3. The molecule has 2 aromatic rings. The molecule has 2 aliphatic heterocycles. The molecule has 2 amide bonds. The van der Waals surface area contributed by atoms with Crippen molar-refractivity contribution < 1.29 is 9.59 Å². The van der Waals surface area contributed by atoms with Gasteiger partial charge in [0.1, 0.15) is 0 Å². The van der Waals surface area contributed by atoms with Crippen LogP contribution in [0.15, 0.2) is 42.7 Å². The summed E-state index contributed by atoms with van der Waals surface area (Å²) in [6.45, 7) is 8.29. The second kappa shape index (κ2) is 7.71. The molecule has 1 spiro atoms. The summed E-state index contributed by atoms with van der Waals surface area (Å²) in [5, 5.41) is 4.39. The lowest BCUT2D eigenvalue weighted by Gasteiger charge is -2.51. The summed E-state index contributed by atoms with van der Waals surface area (Å²) >= 11 is 0. The lowest BCUT2D eigenvalue weighted by Crippen LogP contribution is -2.63. The van der Waals surface area contributed by atoms with Crippen LogP contribution in [-0.4, -0.2) is 64.1 Å². The number of hydrogen-bond donors (Lipinski definition) is 2. The Morgan fingerprint density at radius 3 is 2.50 bits per heavy atom. The third-order valence-electron chi connectivity index (χ3n) is 7.67. The summed E-state index contributed by atoms with van der Waals surface area (Å²) in [6, 6.07) is 10.1. The Kier molecular flexibility index (Phi) is 5.09. The number of benzene rings is 1. The Morgan fingerprint density at radius 2 is 1.84 bits per heavy atom. The smallest absolute Gasteiger partial charge is 0.257 e. The Hall–Kier alpha value is -2.71. The van der Waals surface area contributed by atoms with Crippen molar-refractivity contribution in [2.24, 2.45) is 28.5 Å². The van der Waals surface area contributed by atoms with E-state index in [2.05, 4.69) is 24.4 Å². The number of carbonyl (C=O) groups excluding carboxylic acids is 2. The number of amides is 2. The number of nitrogens with zero attached hydrogens (tertiary/aromatic N) is 4. The zero-order valence-electron chi connectivity index (χ0n) is 18.8. The van der Waals surface area contributed by atoms with Gasteiger partial charge in [0.15, 0.2) is 0 Å². The molecule has 1 aromatic carbocycles. The molecule has 1 aromatic heterocycles. The highest BCUT2D eigenvalue weighted by Crippen LogP contribution is 2.54. The van der Waals surface area contributed by atoms with Crippen LogP contribution in [0.25, 0.3) is 0 Å². The molecule has 3 fully saturated rings. The fourth-order valence-electron chi connectivity index (χ4n) is 5.46. The van der Waals surface area contributed by atoms with Gasteiger partial charge < -0.3 is 9.80 Å². The van der Waals surface area contributed by atoms with Crippen LogP contribution in [0.4, 0.5) is 0 Å².